The van der Waals surface area contributed by atoms with Gasteiger partial charge in [0.2, 0.25) is 0 Å². The molecule has 1 fully saturated rings. The second-order valence-electron chi connectivity index (χ2n) is 6.31. The van der Waals surface area contributed by atoms with Crippen LogP contribution in [0.4, 0.5) is 20.6 Å². The van der Waals surface area contributed by atoms with Gasteiger partial charge in [-0.1, -0.05) is 6.07 Å². The summed E-state index contributed by atoms with van der Waals surface area (Å²) in [4.78, 5) is 28.1. The first kappa shape index (κ1) is 18.7. The van der Waals surface area contributed by atoms with Gasteiger partial charge in [-0.2, -0.15) is 0 Å². The van der Waals surface area contributed by atoms with Crippen LogP contribution >= 0.6 is 0 Å². The summed E-state index contributed by atoms with van der Waals surface area (Å²) in [5, 5.41) is 2.83. The molecule has 0 radical (unpaired) electrons. The Morgan fingerprint density at radius 1 is 1.04 bits per heavy atom. The van der Waals surface area contributed by atoms with E-state index in [9.17, 15) is 14.0 Å². The minimum Gasteiger partial charge on any atom is -0.465 e. The number of rotatable bonds is 3. The van der Waals surface area contributed by atoms with Crippen LogP contribution < -0.4 is 10.2 Å². The van der Waals surface area contributed by atoms with Crippen molar-refractivity contribution in [3.63, 3.8) is 0 Å². The number of hydrogen-bond donors (Lipinski definition) is 1. The topological polar surface area (TPSA) is 61.9 Å². The molecule has 0 aromatic heterocycles. The Bertz CT molecular complexity index is 810. The Kier molecular flexibility index (Phi) is 5.90. The van der Waals surface area contributed by atoms with E-state index >= 15 is 0 Å². The van der Waals surface area contributed by atoms with Gasteiger partial charge in [-0.05, 0) is 48.9 Å². The smallest absolute Gasteiger partial charge is 0.337 e. The van der Waals surface area contributed by atoms with Gasteiger partial charge in [0, 0.05) is 37.6 Å². The van der Waals surface area contributed by atoms with Crippen molar-refractivity contribution in [1.29, 1.82) is 0 Å². The molecular formula is C20H22FN3O3. The van der Waals surface area contributed by atoms with Gasteiger partial charge in [-0.15, -0.1) is 0 Å². The van der Waals surface area contributed by atoms with Crippen LogP contribution in [-0.2, 0) is 4.74 Å². The van der Waals surface area contributed by atoms with Gasteiger partial charge < -0.3 is 19.9 Å². The maximum atomic E-state index is 13.1. The molecule has 0 spiro atoms. The molecule has 1 aliphatic heterocycles. The summed E-state index contributed by atoms with van der Waals surface area (Å²) in [6.07, 6.45) is 0.812. The van der Waals surface area contributed by atoms with Crippen molar-refractivity contribution in [3.05, 3.63) is 59.9 Å². The van der Waals surface area contributed by atoms with Crippen molar-refractivity contribution in [2.45, 2.75) is 6.42 Å². The Morgan fingerprint density at radius 3 is 2.56 bits per heavy atom. The molecular weight excluding hydrogens is 349 g/mol. The number of halogens is 1. The van der Waals surface area contributed by atoms with Crippen LogP contribution in [0, 0.1) is 5.82 Å². The van der Waals surface area contributed by atoms with E-state index in [-0.39, 0.29) is 11.8 Å². The molecule has 0 bridgehead atoms. The Balaban J connectivity index is 1.61. The minimum absolute atomic E-state index is 0.210. The summed E-state index contributed by atoms with van der Waals surface area (Å²) in [7, 11) is 1.32. The number of benzene rings is 2. The molecule has 27 heavy (non-hydrogen) atoms. The highest BCUT2D eigenvalue weighted by molar-refractivity contribution is 5.93. The summed E-state index contributed by atoms with van der Waals surface area (Å²) in [6.45, 7) is 2.65. The number of nitrogens with zero attached hydrogens (tertiary/aromatic N) is 2. The zero-order valence-electron chi connectivity index (χ0n) is 15.2. The number of esters is 1. The summed E-state index contributed by atoms with van der Waals surface area (Å²) in [5.74, 6) is -0.709. The number of methoxy groups -OCH3 is 1. The SMILES string of the molecule is COC(=O)c1cccc(NC(=O)N2CCCN(c3ccc(F)cc3)CC2)c1. The number of ether oxygens (including phenoxy) is 1. The van der Waals surface area contributed by atoms with Gasteiger partial charge in [0.1, 0.15) is 5.82 Å². The highest BCUT2D eigenvalue weighted by atomic mass is 19.1. The molecule has 142 valence electrons. The van der Waals surface area contributed by atoms with Gasteiger partial charge >= 0.3 is 12.0 Å². The number of carbonyl (C=O) groups is 2. The summed E-state index contributed by atoms with van der Waals surface area (Å²) in [5.41, 5.74) is 1.88. The minimum atomic E-state index is -0.448. The predicted molar refractivity (Wildman–Crippen MR) is 102 cm³/mol. The predicted octanol–water partition coefficient (Wildman–Crippen LogP) is 3.36. The molecule has 7 heteroatoms. The van der Waals surface area contributed by atoms with Crippen molar-refractivity contribution >= 4 is 23.4 Å². The highest BCUT2D eigenvalue weighted by Gasteiger charge is 2.20. The molecule has 0 unspecified atom stereocenters. The number of amides is 2. The van der Waals surface area contributed by atoms with Crippen molar-refractivity contribution in [2.24, 2.45) is 0 Å². The fraction of sp³-hybridized carbons (Fsp3) is 0.300. The second kappa shape index (κ2) is 8.53. The molecule has 1 heterocycles. The molecule has 0 atom stereocenters. The van der Waals surface area contributed by atoms with E-state index in [0.717, 1.165) is 18.7 Å². The van der Waals surface area contributed by atoms with Crippen molar-refractivity contribution in [2.75, 3.05) is 43.5 Å². The molecule has 0 saturated carbocycles. The number of nitrogens with one attached hydrogen (secondary N) is 1. The third kappa shape index (κ3) is 4.75. The van der Waals surface area contributed by atoms with Crippen molar-refractivity contribution in [1.82, 2.24) is 4.90 Å². The van der Waals surface area contributed by atoms with E-state index in [2.05, 4.69) is 10.2 Å². The first-order valence-electron chi connectivity index (χ1n) is 8.81. The molecule has 1 aliphatic rings. The third-order valence-electron chi connectivity index (χ3n) is 4.51. The van der Waals surface area contributed by atoms with Gasteiger partial charge in [0.15, 0.2) is 0 Å². The van der Waals surface area contributed by atoms with E-state index in [1.165, 1.54) is 19.2 Å². The fourth-order valence-corrected chi connectivity index (χ4v) is 3.07. The zero-order chi connectivity index (χ0) is 19.2. The normalized spacial score (nSPS) is 14.4. The van der Waals surface area contributed by atoms with Gasteiger partial charge in [-0.3, -0.25) is 0 Å². The monoisotopic (exact) mass is 371 g/mol. The second-order valence-corrected chi connectivity index (χ2v) is 6.31. The van der Waals surface area contributed by atoms with Crippen LogP contribution in [0.25, 0.3) is 0 Å². The molecule has 1 N–H and O–H groups in total. The Morgan fingerprint density at radius 2 is 1.81 bits per heavy atom. The fourth-order valence-electron chi connectivity index (χ4n) is 3.07. The lowest BCUT2D eigenvalue weighted by molar-refractivity contribution is 0.0600. The van der Waals surface area contributed by atoms with Crippen LogP contribution in [0.5, 0.6) is 0 Å². The van der Waals surface area contributed by atoms with Crippen LogP contribution in [-0.4, -0.2) is 50.2 Å². The van der Waals surface area contributed by atoms with E-state index in [4.69, 9.17) is 4.74 Å². The standard InChI is InChI=1S/C20H22FN3O3/c1-27-19(25)15-4-2-5-17(14-15)22-20(26)24-11-3-10-23(12-13-24)18-8-6-16(21)7-9-18/h2,4-9,14H,3,10-13H2,1H3,(H,22,26). The van der Waals surface area contributed by atoms with E-state index in [1.54, 1.807) is 41.3 Å². The maximum Gasteiger partial charge on any atom is 0.337 e. The first-order valence-corrected chi connectivity index (χ1v) is 8.81. The van der Waals surface area contributed by atoms with Crippen molar-refractivity contribution in [3.8, 4) is 0 Å². The molecule has 0 aliphatic carbocycles. The number of urea groups is 1. The van der Waals surface area contributed by atoms with Crippen LogP contribution in [0.1, 0.15) is 16.8 Å². The average molecular weight is 371 g/mol. The molecule has 2 aromatic rings. The van der Waals surface area contributed by atoms with E-state index in [0.29, 0.717) is 30.9 Å². The lowest BCUT2D eigenvalue weighted by Crippen LogP contribution is -2.38. The summed E-state index contributed by atoms with van der Waals surface area (Å²) >= 11 is 0. The average Bonchev–Trinajstić information content (AvgIpc) is 2.94. The Hall–Kier alpha value is -3.09. The number of anilines is 2. The van der Waals surface area contributed by atoms with Gasteiger partial charge in [-0.25, -0.2) is 14.0 Å². The maximum absolute atomic E-state index is 13.1. The van der Waals surface area contributed by atoms with Crippen LogP contribution in [0.2, 0.25) is 0 Å². The van der Waals surface area contributed by atoms with Gasteiger partial charge in [0.05, 0.1) is 12.7 Å². The number of hydrogen-bond acceptors (Lipinski definition) is 4. The molecule has 1 saturated heterocycles. The van der Waals surface area contributed by atoms with E-state index in [1.807, 2.05) is 0 Å². The summed E-state index contributed by atoms with van der Waals surface area (Å²) < 4.78 is 17.8. The number of carbonyl (C=O) groups excluding carboxylic acids is 2. The lowest BCUT2D eigenvalue weighted by Gasteiger charge is -2.24. The van der Waals surface area contributed by atoms with Crippen LogP contribution in [0.3, 0.4) is 0 Å². The molecule has 6 nitrogen and oxygen atoms in total. The summed E-state index contributed by atoms with van der Waals surface area (Å²) in [6, 6.07) is 12.8. The molecule has 2 aromatic carbocycles. The Labute approximate surface area is 157 Å². The third-order valence-corrected chi connectivity index (χ3v) is 4.51. The molecule has 2 amide bonds. The largest absolute Gasteiger partial charge is 0.465 e. The van der Waals surface area contributed by atoms with E-state index < -0.39 is 5.97 Å². The zero-order valence-corrected chi connectivity index (χ0v) is 15.2. The quantitative estimate of drug-likeness (QED) is 0.841. The lowest BCUT2D eigenvalue weighted by atomic mass is 10.2. The first-order chi connectivity index (χ1) is 13.1. The highest BCUT2D eigenvalue weighted by Crippen LogP contribution is 2.18. The van der Waals surface area contributed by atoms with Gasteiger partial charge in [0.25, 0.3) is 0 Å². The van der Waals surface area contributed by atoms with Crippen LogP contribution in [0.15, 0.2) is 48.5 Å². The molecule has 3 rings (SSSR count). The van der Waals surface area contributed by atoms with Crippen molar-refractivity contribution < 1.29 is 18.7 Å².